The number of aromatic amines is 1. The van der Waals surface area contributed by atoms with Crippen LogP contribution in [0.5, 0.6) is 0 Å². The fourth-order valence-corrected chi connectivity index (χ4v) is 3.41. The van der Waals surface area contributed by atoms with Crippen LogP contribution in [-0.4, -0.2) is 55.6 Å². The second-order valence-electron chi connectivity index (χ2n) is 6.58. The first-order chi connectivity index (χ1) is 12.3. The van der Waals surface area contributed by atoms with Crippen molar-refractivity contribution in [2.75, 3.05) is 39.8 Å². The number of H-pyrrole nitrogens is 1. The van der Waals surface area contributed by atoms with Crippen molar-refractivity contribution < 1.29 is 4.39 Å². The standard InChI is InChI=1S/C19H28FN5.HI/c1-21-19(23-9-12-25-10-3-2-4-11-25)22-8-7-15-14-24-18-6-5-16(20)13-17(15)18;/h5-6,13-14,24H,2-4,7-12H2,1H3,(H2,21,22,23);1H. The number of hydrogen-bond donors (Lipinski definition) is 3. The summed E-state index contributed by atoms with van der Waals surface area (Å²) in [7, 11) is 1.79. The van der Waals surface area contributed by atoms with E-state index in [2.05, 4.69) is 25.5 Å². The Bertz CT molecular complexity index is 709. The highest BCUT2D eigenvalue weighted by Gasteiger charge is 2.09. The molecule has 5 nitrogen and oxygen atoms in total. The van der Waals surface area contributed by atoms with E-state index in [0.717, 1.165) is 48.5 Å². The predicted molar refractivity (Wildman–Crippen MR) is 117 cm³/mol. The molecule has 0 atom stereocenters. The molecule has 0 unspecified atom stereocenters. The smallest absolute Gasteiger partial charge is 0.191 e. The average molecular weight is 473 g/mol. The van der Waals surface area contributed by atoms with Crippen molar-refractivity contribution in [2.45, 2.75) is 25.7 Å². The number of aromatic nitrogens is 1. The fraction of sp³-hybridized carbons (Fsp3) is 0.526. The number of hydrogen-bond acceptors (Lipinski definition) is 2. The maximum absolute atomic E-state index is 13.4. The Hall–Kier alpha value is -1.35. The number of likely N-dealkylation sites (tertiary alicyclic amines) is 1. The summed E-state index contributed by atoms with van der Waals surface area (Å²) in [6.45, 7) is 5.14. The summed E-state index contributed by atoms with van der Waals surface area (Å²) in [4.78, 5) is 9.97. The van der Waals surface area contributed by atoms with Crippen LogP contribution in [0, 0.1) is 5.82 Å². The van der Waals surface area contributed by atoms with E-state index in [1.807, 2.05) is 6.20 Å². The minimum absolute atomic E-state index is 0. The molecule has 2 aromatic rings. The Morgan fingerprint density at radius 3 is 2.73 bits per heavy atom. The summed E-state index contributed by atoms with van der Waals surface area (Å²) >= 11 is 0. The van der Waals surface area contributed by atoms with Crippen molar-refractivity contribution in [2.24, 2.45) is 4.99 Å². The number of fused-ring (bicyclic) bond motifs is 1. The Morgan fingerprint density at radius 2 is 1.96 bits per heavy atom. The molecule has 0 radical (unpaired) electrons. The molecule has 1 saturated heterocycles. The van der Waals surface area contributed by atoms with Gasteiger partial charge >= 0.3 is 0 Å². The Labute approximate surface area is 171 Å². The molecule has 2 heterocycles. The summed E-state index contributed by atoms with van der Waals surface area (Å²) in [5.74, 6) is 0.625. The lowest BCUT2D eigenvalue weighted by molar-refractivity contribution is 0.232. The first-order valence-electron chi connectivity index (χ1n) is 9.18. The maximum atomic E-state index is 13.4. The minimum atomic E-state index is -0.198. The maximum Gasteiger partial charge on any atom is 0.191 e. The lowest BCUT2D eigenvalue weighted by atomic mass is 10.1. The molecule has 0 amide bonds. The highest BCUT2D eigenvalue weighted by atomic mass is 127. The van der Waals surface area contributed by atoms with Gasteiger partial charge in [0.25, 0.3) is 0 Å². The predicted octanol–water partition coefficient (Wildman–Crippen LogP) is 3.12. The molecule has 3 N–H and O–H groups in total. The summed E-state index contributed by atoms with van der Waals surface area (Å²) in [5.41, 5.74) is 2.09. The molecule has 0 aliphatic carbocycles. The third-order valence-electron chi connectivity index (χ3n) is 4.81. The van der Waals surface area contributed by atoms with Gasteiger partial charge < -0.3 is 20.5 Å². The largest absolute Gasteiger partial charge is 0.361 e. The number of benzene rings is 1. The molecular weight excluding hydrogens is 444 g/mol. The van der Waals surface area contributed by atoms with Crippen molar-refractivity contribution in [3.63, 3.8) is 0 Å². The zero-order chi connectivity index (χ0) is 17.5. The number of nitrogens with zero attached hydrogens (tertiary/aromatic N) is 2. The minimum Gasteiger partial charge on any atom is -0.361 e. The van der Waals surface area contributed by atoms with Gasteiger partial charge in [0, 0.05) is 43.8 Å². The van der Waals surface area contributed by atoms with Crippen molar-refractivity contribution in [1.82, 2.24) is 20.5 Å². The molecule has 26 heavy (non-hydrogen) atoms. The average Bonchev–Trinajstić information content (AvgIpc) is 3.03. The number of piperidine rings is 1. The van der Waals surface area contributed by atoms with Gasteiger partial charge in [-0.1, -0.05) is 6.42 Å². The molecule has 3 rings (SSSR count). The number of aliphatic imine (C=N–C) groups is 1. The zero-order valence-corrected chi connectivity index (χ0v) is 17.7. The van der Waals surface area contributed by atoms with Crippen LogP contribution in [-0.2, 0) is 6.42 Å². The van der Waals surface area contributed by atoms with Crippen molar-refractivity contribution in [3.8, 4) is 0 Å². The number of rotatable bonds is 6. The monoisotopic (exact) mass is 473 g/mol. The first kappa shape index (κ1) is 21.0. The van der Waals surface area contributed by atoms with Crippen LogP contribution >= 0.6 is 24.0 Å². The van der Waals surface area contributed by atoms with Crippen LogP contribution in [0.25, 0.3) is 10.9 Å². The van der Waals surface area contributed by atoms with E-state index in [0.29, 0.717) is 0 Å². The fourth-order valence-electron chi connectivity index (χ4n) is 3.41. The van der Waals surface area contributed by atoms with Gasteiger partial charge in [-0.05, 0) is 56.1 Å². The highest BCUT2D eigenvalue weighted by Crippen LogP contribution is 2.19. The molecule has 144 valence electrons. The zero-order valence-electron chi connectivity index (χ0n) is 15.4. The van der Waals surface area contributed by atoms with E-state index in [4.69, 9.17) is 0 Å². The molecule has 1 fully saturated rings. The summed E-state index contributed by atoms with van der Waals surface area (Å²) < 4.78 is 13.4. The van der Waals surface area contributed by atoms with Gasteiger partial charge in [0.05, 0.1) is 0 Å². The second kappa shape index (κ2) is 10.7. The van der Waals surface area contributed by atoms with Gasteiger partial charge in [-0.3, -0.25) is 4.99 Å². The Morgan fingerprint density at radius 1 is 1.19 bits per heavy atom. The van der Waals surface area contributed by atoms with Gasteiger partial charge in [0.15, 0.2) is 5.96 Å². The lowest BCUT2D eigenvalue weighted by Crippen LogP contribution is -2.43. The lowest BCUT2D eigenvalue weighted by Gasteiger charge is -2.26. The molecule has 0 bridgehead atoms. The molecule has 0 spiro atoms. The molecule has 1 aromatic heterocycles. The summed E-state index contributed by atoms with van der Waals surface area (Å²) in [6.07, 6.45) is 6.77. The normalized spacial score (nSPS) is 15.7. The third-order valence-corrected chi connectivity index (χ3v) is 4.81. The van der Waals surface area contributed by atoms with Crippen LogP contribution in [0.2, 0.25) is 0 Å². The Balaban J connectivity index is 0.00000243. The van der Waals surface area contributed by atoms with Gasteiger partial charge in [-0.25, -0.2) is 4.39 Å². The van der Waals surface area contributed by atoms with Gasteiger partial charge in [-0.15, -0.1) is 24.0 Å². The van der Waals surface area contributed by atoms with E-state index in [1.54, 1.807) is 19.2 Å². The van der Waals surface area contributed by atoms with Crippen molar-refractivity contribution in [3.05, 3.63) is 35.8 Å². The van der Waals surface area contributed by atoms with Crippen LogP contribution < -0.4 is 10.6 Å². The number of guanidine groups is 1. The van der Waals surface area contributed by atoms with Crippen LogP contribution in [0.3, 0.4) is 0 Å². The van der Waals surface area contributed by atoms with Crippen LogP contribution in [0.1, 0.15) is 24.8 Å². The number of nitrogens with one attached hydrogen (secondary N) is 3. The quantitative estimate of drug-likeness (QED) is 0.344. The molecule has 1 aromatic carbocycles. The summed E-state index contributed by atoms with van der Waals surface area (Å²) in [6, 6.07) is 4.85. The second-order valence-corrected chi connectivity index (χ2v) is 6.58. The first-order valence-corrected chi connectivity index (χ1v) is 9.18. The SMILES string of the molecule is CN=C(NCCc1c[nH]c2ccc(F)cc12)NCCN1CCCCC1.I. The molecule has 1 aliphatic rings. The summed E-state index contributed by atoms with van der Waals surface area (Å²) in [5, 5.41) is 7.66. The van der Waals surface area contributed by atoms with E-state index in [9.17, 15) is 4.39 Å². The topological polar surface area (TPSA) is 55.5 Å². The van der Waals surface area contributed by atoms with Crippen LogP contribution in [0.4, 0.5) is 4.39 Å². The van der Waals surface area contributed by atoms with Gasteiger partial charge in [-0.2, -0.15) is 0 Å². The van der Waals surface area contributed by atoms with E-state index in [-0.39, 0.29) is 29.8 Å². The van der Waals surface area contributed by atoms with Gasteiger partial charge in [0.2, 0.25) is 0 Å². The van der Waals surface area contributed by atoms with Gasteiger partial charge in [0.1, 0.15) is 5.82 Å². The molecule has 0 saturated carbocycles. The molecular formula is C19H29FIN5. The van der Waals surface area contributed by atoms with E-state index < -0.39 is 0 Å². The van der Waals surface area contributed by atoms with Crippen molar-refractivity contribution in [1.29, 1.82) is 0 Å². The molecule has 7 heteroatoms. The molecule has 1 aliphatic heterocycles. The van der Waals surface area contributed by atoms with E-state index >= 15 is 0 Å². The Kier molecular flexibility index (Phi) is 8.64. The third kappa shape index (κ3) is 5.84. The highest BCUT2D eigenvalue weighted by molar-refractivity contribution is 14.0. The number of halogens is 2. The van der Waals surface area contributed by atoms with Crippen LogP contribution in [0.15, 0.2) is 29.4 Å². The van der Waals surface area contributed by atoms with Crippen molar-refractivity contribution >= 4 is 40.8 Å². The van der Waals surface area contributed by atoms with E-state index in [1.165, 1.54) is 38.4 Å².